The highest BCUT2D eigenvalue weighted by atomic mass is 16.6. The number of nitrogens with one attached hydrogen (secondary N) is 2. The maximum absolute atomic E-state index is 12.5. The summed E-state index contributed by atoms with van der Waals surface area (Å²) in [5.74, 6) is -0.473. The first-order chi connectivity index (χ1) is 15.0. The van der Waals surface area contributed by atoms with Crippen LogP contribution in [-0.4, -0.2) is 42.6 Å². The van der Waals surface area contributed by atoms with Gasteiger partial charge in [-0.3, -0.25) is 15.3 Å². The Hall–Kier alpha value is -3.56. The van der Waals surface area contributed by atoms with Crippen LogP contribution in [0.4, 0.5) is 10.5 Å². The van der Waals surface area contributed by atoms with Crippen LogP contribution in [0.2, 0.25) is 0 Å². The molecule has 0 aliphatic rings. The lowest BCUT2D eigenvalue weighted by molar-refractivity contribution is -0.124. The van der Waals surface area contributed by atoms with Crippen LogP contribution in [0.25, 0.3) is 0 Å². The molecule has 0 unspecified atom stereocenters. The number of hydroxylamine groups is 1. The SMILES string of the molecule is COc1ccc([C@@H](OC(=O)Nc2ccccc2)[C@@H](CC/C=C/C(=O)NO)OC)cc1O. The summed E-state index contributed by atoms with van der Waals surface area (Å²) in [6, 6.07) is 13.5. The maximum atomic E-state index is 12.5. The number of anilines is 1. The van der Waals surface area contributed by atoms with Crippen molar-refractivity contribution in [2.45, 2.75) is 25.0 Å². The lowest BCUT2D eigenvalue weighted by Crippen LogP contribution is -2.28. The third-order valence-corrected chi connectivity index (χ3v) is 4.42. The molecule has 0 aromatic heterocycles. The van der Waals surface area contributed by atoms with E-state index in [1.807, 2.05) is 6.07 Å². The number of para-hydroxylation sites is 1. The topological polar surface area (TPSA) is 126 Å². The summed E-state index contributed by atoms with van der Waals surface area (Å²) in [5, 5.41) is 21.4. The van der Waals surface area contributed by atoms with Crippen LogP contribution in [0, 0.1) is 0 Å². The minimum absolute atomic E-state index is 0.105. The van der Waals surface area contributed by atoms with Gasteiger partial charge in [0.1, 0.15) is 0 Å². The first-order valence-electron chi connectivity index (χ1n) is 9.51. The number of hydrogen-bond donors (Lipinski definition) is 4. The fourth-order valence-corrected chi connectivity index (χ4v) is 2.91. The molecule has 2 aromatic carbocycles. The molecule has 0 saturated heterocycles. The van der Waals surface area contributed by atoms with E-state index in [1.165, 1.54) is 31.8 Å². The van der Waals surface area contributed by atoms with Gasteiger partial charge < -0.3 is 19.3 Å². The molecular formula is C22H26N2O7. The normalized spacial score (nSPS) is 12.7. The third kappa shape index (κ3) is 7.32. The van der Waals surface area contributed by atoms with E-state index in [1.54, 1.807) is 42.5 Å². The van der Waals surface area contributed by atoms with Gasteiger partial charge in [0, 0.05) is 18.9 Å². The van der Waals surface area contributed by atoms with Crippen molar-refractivity contribution in [3.8, 4) is 11.5 Å². The van der Waals surface area contributed by atoms with Gasteiger partial charge in [0.25, 0.3) is 5.91 Å². The summed E-state index contributed by atoms with van der Waals surface area (Å²) in [4.78, 5) is 23.6. The van der Waals surface area contributed by atoms with Gasteiger partial charge in [-0.2, -0.15) is 0 Å². The number of allylic oxidation sites excluding steroid dienone is 1. The van der Waals surface area contributed by atoms with E-state index in [0.717, 1.165) is 0 Å². The Balaban J connectivity index is 2.20. The summed E-state index contributed by atoms with van der Waals surface area (Å²) < 4.78 is 16.3. The van der Waals surface area contributed by atoms with Crippen molar-refractivity contribution in [3.05, 3.63) is 66.2 Å². The summed E-state index contributed by atoms with van der Waals surface area (Å²) >= 11 is 0. The van der Waals surface area contributed by atoms with Crippen molar-refractivity contribution >= 4 is 17.7 Å². The number of carbonyl (C=O) groups excluding carboxylic acids is 2. The smallest absolute Gasteiger partial charge is 0.412 e. The number of benzene rings is 2. The zero-order valence-electron chi connectivity index (χ0n) is 17.3. The highest BCUT2D eigenvalue weighted by Crippen LogP contribution is 2.33. The van der Waals surface area contributed by atoms with Gasteiger partial charge in [0.15, 0.2) is 17.6 Å². The van der Waals surface area contributed by atoms with E-state index >= 15 is 0 Å². The predicted molar refractivity (Wildman–Crippen MR) is 113 cm³/mol. The van der Waals surface area contributed by atoms with E-state index in [4.69, 9.17) is 19.4 Å². The molecule has 0 spiro atoms. The molecule has 9 heteroatoms. The second-order valence-electron chi connectivity index (χ2n) is 6.48. The van der Waals surface area contributed by atoms with Crippen molar-refractivity contribution in [3.63, 3.8) is 0 Å². The van der Waals surface area contributed by atoms with E-state index in [2.05, 4.69) is 5.32 Å². The van der Waals surface area contributed by atoms with Crippen molar-refractivity contribution < 1.29 is 34.1 Å². The fraction of sp³-hybridized carbons (Fsp3) is 0.273. The number of ether oxygens (including phenoxy) is 3. The molecule has 0 aliphatic heterocycles. The lowest BCUT2D eigenvalue weighted by atomic mass is 9.99. The zero-order valence-corrected chi connectivity index (χ0v) is 17.3. The number of hydrogen-bond acceptors (Lipinski definition) is 7. The van der Waals surface area contributed by atoms with Gasteiger partial charge in [-0.15, -0.1) is 0 Å². The molecule has 0 fully saturated rings. The molecule has 0 radical (unpaired) electrons. The van der Waals surface area contributed by atoms with E-state index in [0.29, 0.717) is 24.1 Å². The van der Waals surface area contributed by atoms with Crippen LogP contribution < -0.4 is 15.5 Å². The van der Waals surface area contributed by atoms with Gasteiger partial charge in [-0.25, -0.2) is 10.3 Å². The van der Waals surface area contributed by atoms with Gasteiger partial charge in [-0.05, 0) is 42.7 Å². The molecule has 4 N–H and O–H groups in total. The molecule has 0 bridgehead atoms. The number of phenolic OH excluding ortho intramolecular Hbond substituents is 1. The van der Waals surface area contributed by atoms with Crippen LogP contribution in [0.5, 0.6) is 11.5 Å². The van der Waals surface area contributed by atoms with Crippen molar-refractivity contribution in [2.75, 3.05) is 19.5 Å². The van der Waals surface area contributed by atoms with Crippen molar-refractivity contribution in [2.24, 2.45) is 0 Å². The standard InChI is InChI=1S/C22H26N2O7/c1-29-18-13-12-15(14-17(18)25)21(19(30-2)10-6-7-11-20(26)24-28)31-22(27)23-16-8-4-3-5-9-16/h3-5,7-9,11-14,19,21,25,28H,6,10H2,1-2H3,(H,23,27)(H,24,26)/b11-7+/t19-,21-/m1/s1. The summed E-state index contributed by atoms with van der Waals surface area (Å²) in [6.45, 7) is 0. The second-order valence-corrected chi connectivity index (χ2v) is 6.48. The summed E-state index contributed by atoms with van der Waals surface area (Å²) in [7, 11) is 2.91. The largest absolute Gasteiger partial charge is 0.504 e. The molecule has 0 aliphatic carbocycles. The molecule has 31 heavy (non-hydrogen) atoms. The molecule has 9 nitrogen and oxygen atoms in total. The fourth-order valence-electron chi connectivity index (χ4n) is 2.91. The Labute approximate surface area is 180 Å². The number of aromatic hydroxyl groups is 1. The van der Waals surface area contributed by atoms with E-state index in [9.17, 15) is 14.7 Å². The Kier molecular flexibility index (Phi) is 9.34. The van der Waals surface area contributed by atoms with Crippen molar-refractivity contribution in [1.82, 2.24) is 5.48 Å². The highest BCUT2D eigenvalue weighted by molar-refractivity contribution is 5.86. The van der Waals surface area contributed by atoms with Gasteiger partial charge in [0.2, 0.25) is 0 Å². The minimum Gasteiger partial charge on any atom is -0.504 e. The zero-order chi connectivity index (χ0) is 22.6. The number of methoxy groups -OCH3 is 2. The van der Waals surface area contributed by atoms with E-state index in [-0.39, 0.29) is 11.5 Å². The Morgan fingerprint density at radius 3 is 2.48 bits per heavy atom. The molecule has 2 aromatic rings. The number of amides is 2. The number of carbonyl (C=O) groups is 2. The predicted octanol–water partition coefficient (Wildman–Crippen LogP) is 3.55. The van der Waals surface area contributed by atoms with E-state index < -0.39 is 24.2 Å². The molecule has 2 atom stereocenters. The quantitative estimate of drug-likeness (QED) is 0.258. The van der Waals surface area contributed by atoms with Gasteiger partial charge >= 0.3 is 6.09 Å². The van der Waals surface area contributed by atoms with Crippen molar-refractivity contribution in [1.29, 1.82) is 0 Å². The monoisotopic (exact) mass is 430 g/mol. The van der Waals surface area contributed by atoms with Crippen LogP contribution in [0.15, 0.2) is 60.7 Å². The number of phenols is 1. The minimum atomic E-state index is -0.856. The molecule has 2 rings (SSSR count). The van der Waals surface area contributed by atoms with Crippen LogP contribution in [0.1, 0.15) is 24.5 Å². The second kappa shape index (κ2) is 12.2. The lowest BCUT2D eigenvalue weighted by Gasteiger charge is -2.26. The van der Waals surface area contributed by atoms with Gasteiger partial charge in [0.05, 0.1) is 13.2 Å². The maximum Gasteiger partial charge on any atom is 0.412 e. The molecule has 0 saturated carbocycles. The van der Waals surface area contributed by atoms with Gasteiger partial charge in [-0.1, -0.05) is 30.3 Å². The molecule has 0 heterocycles. The summed E-state index contributed by atoms with van der Waals surface area (Å²) in [5.41, 5.74) is 2.58. The number of rotatable bonds is 10. The average Bonchev–Trinajstić information content (AvgIpc) is 2.78. The Morgan fingerprint density at radius 1 is 1.13 bits per heavy atom. The highest BCUT2D eigenvalue weighted by Gasteiger charge is 2.28. The third-order valence-electron chi connectivity index (χ3n) is 4.42. The summed E-state index contributed by atoms with van der Waals surface area (Å²) in [6.07, 6.45) is 1.41. The molecular weight excluding hydrogens is 404 g/mol. The first kappa shape index (κ1) is 23.7. The Morgan fingerprint density at radius 2 is 1.87 bits per heavy atom. The van der Waals surface area contributed by atoms with Crippen LogP contribution in [0.3, 0.4) is 0 Å². The van der Waals surface area contributed by atoms with Crippen LogP contribution >= 0.6 is 0 Å². The Bertz CT molecular complexity index is 887. The van der Waals surface area contributed by atoms with Crippen LogP contribution in [-0.2, 0) is 14.3 Å². The first-order valence-corrected chi connectivity index (χ1v) is 9.51. The average molecular weight is 430 g/mol. The molecule has 166 valence electrons. The molecule has 2 amide bonds.